The first kappa shape index (κ1) is 19.1. The van der Waals surface area contributed by atoms with Gasteiger partial charge in [0, 0.05) is 43.1 Å². The van der Waals surface area contributed by atoms with E-state index in [0.29, 0.717) is 18.4 Å². The van der Waals surface area contributed by atoms with Crippen molar-refractivity contribution in [2.75, 3.05) is 19.7 Å². The van der Waals surface area contributed by atoms with Gasteiger partial charge in [-0.3, -0.25) is 4.79 Å². The number of pyridine rings is 1. The molecule has 0 atom stereocenters. The van der Waals surface area contributed by atoms with Crippen LogP contribution >= 0.6 is 0 Å². The summed E-state index contributed by atoms with van der Waals surface area (Å²) < 4.78 is 7.79. The van der Waals surface area contributed by atoms with Crippen LogP contribution < -0.4 is 0 Å². The first-order valence-corrected chi connectivity index (χ1v) is 10.6. The monoisotopic (exact) mass is 382 g/mol. The lowest BCUT2D eigenvalue weighted by Crippen LogP contribution is -2.41. The van der Waals surface area contributed by atoms with Crippen LogP contribution in [0.3, 0.4) is 0 Å². The molecule has 0 spiro atoms. The van der Waals surface area contributed by atoms with Gasteiger partial charge < -0.3 is 9.64 Å². The fourth-order valence-electron chi connectivity index (χ4n) is 4.55. The number of hydrogen-bond donors (Lipinski definition) is 0. The fourth-order valence-corrected chi connectivity index (χ4v) is 4.55. The number of ether oxygens (including phenoxy) is 1. The van der Waals surface area contributed by atoms with Crippen molar-refractivity contribution in [3.05, 3.63) is 41.3 Å². The van der Waals surface area contributed by atoms with Crippen molar-refractivity contribution in [1.82, 2.24) is 19.7 Å². The second-order valence-electron chi connectivity index (χ2n) is 7.83. The third-order valence-electron chi connectivity index (χ3n) is 6.23. The zero-order valence-electron chi connectivity index (χ0n) is 16.9. The smallest absolute Gasteiger partial charge is 0.225 e. The number of nitrogens with zero attached hydrogens (tertiary/aromatic N) is 4. The first-order chi connectivity index (χ1) is 13.7. The molecule has 2 aliphatic rings. The molecule has 2 aromatic rings. The van der Waals surface area contributed by atoms with Crippen LogP contribution in [0.4, 0.5) is 0 Å². The van der Waals surface area contributed by atoms with Gasteiger partial charge in [-0.2, -0.15) is 5.10 Å². The molecule has 4 rings (SSSR count). The maximum absolute atomic E-state index is 12.8. The second kappa shape index (κ2) is 8.43. The molecule has 0 radical (unpaired) electrons. The van der Waals surface area contributed by atoms with Crippen molar-refractivity contribution >= 4 is 5.91 Å². The van der Waals surface area contributed by atoms with Gasteiger partial charge in [-0.15, -0.1) is 0 Å². The predicted molar refractivity (Wildman–Crippen MR) is 107 cm³/mol. The lowest BCUT2D eigenvalue weighted by atomic mass is 9.89. The van der Waals surface area contributed by atoms with E-state index < -0.39 is 0 Å². The molecule has 1 saturated heterocycles. The summed E-state index contributed by atoms with van der Waals surface area (Å²) in [5.74, 6) is 1.73. The van der Waals surface area contributed by atoms with E-state index in [2.05, 4.69) is 23.7 Å². The minimum atomic E-state index is 0.164. The number of fused-ring (bicyclic) bond motifs is 1. The molecule has 6 nitrogen and oxygen atoms in total. The van der Waals surface area contributed by atoms with E-state index in [1.165, 1.54) is 11.3 Å². The quantitative estimate of drug-likeness (QED) is 0.794. The summed E-state index contributed by atoms with van der Waals surface area (Å²) >= 11 is 0. The summed E-state index contributed by atoms with van der Waals surface area (Å²) in [6.07, 6.45) is 6.45. The number of piperidine rings is 1. The van der Waals surface area contributed by atoms with Crippen LogP contribution in [-0.2, 0) is 22.6 Å². The highest BCUT2D eigenvalue weighted by Crippen LogP contribution is 2.35. The summed E-state index contributed by atoms with van der Waals surface area (Å²) in [6, 6.07) is 5.94. The Kier molecular flexibility index (Phi) is 5.76. The van der Waals surface area contributed by atoms with Crippen molar-refractivity contribution in [1.29, 1.82) is 0 Å². The van der Waals surface area contributed by atoms with Crippen LogP contribution in [0.15, 0.2) is 24.4 Å². The summed E-state index contributed by atoms with van der Waals surface area (Å²) in [7, 11) is 0. The van der Waals surface area contributed by atoms with Crippen LogP contribution in [0, 0.1) is 5.92 Å². The van der Waals surface area contributed by atoms with Gasteiger partial charge in [0.1, 0.15) is 0 Å². The molecule has 0 saturated carbocycles. The summed E-state index contributed by atoms with van der Waals surface area (Å²) in [6.45, 7) is 7.22. The molecular weight excluding hydrogens is 352 g/mol. The lowest BCUT2D eigenvalue weighted by molar-refractivity contribution is -0.136. The second-order valence-corrected chi connectivity index (χ2v) is 7.83. The SMILES string of the molecule is CCC(CC)C(=O)N1CCC(c2c3c(nn2-c2ccccn2)CCOC3)CC1. The molecule has 2 aliphatic heterocycles. The van der Waals surface area contributed by atoms with Gasteiger partial charge in [0.15, 0.2) is 5.82 Å². The van der Waals surface area contributed by atoms with Crippen LogP contribution in [0.5, 0.6) is 0 Å². The van der Waals surface area contributed by atoms with Crippen molar-refractivity contribution in [2.45, 2.75) is 58.5 Å². The van der Waals surface area contributed by atoms with Crippen molar-refractivity contribution < 1.29 is 9.53 Å². The highest BCUT2D eigenvalue weighted by atomic mass is 16.5. The maximum atomic E-state index is 12.8. The van der Waals surface area contributed by atoms with Crippen LogP contribution in [0.25, 0.3) is 5.82 Å². The number of aromatic nitrogens is 3. The van der Waals surface area contributed by atoms with Gasteiger partial charge in [-0.25, -0.2) is 9.67 Å². The molecule has 1 amide bonds. The van der Waals surface area contributed by atoms with E-state index >= 15 is 0 Å². The minimum Gasteiger partial charge on any atom is -0.376 e. The van der Waals surface area contributed by atoms with Gasteiger partial charge >= 0.3 is 0 Å². The van der Waals surface area contributed by atoms with E-state index in [1.807, 2.05) is 29.1 Å². The number of hydrogen-bond acceptors (Lipinski definition) is 4. The normalized spacial score (nSPS) is 17.8. The molecule has 0 N–H and O–H groups in total. The van der Waals surface area contributed by atoms with Crippen molar-refractivity contribution in [3.63, 3.8) is 0 Å². The number of carbonyl (C=O) groups excluding carboxylic acids is 1. The standard InChI is InChI=1S/C22H30N4O2/c1-3-16(4-2)22(27)25-12-8-17(9-13-25)21-18-15-28-14-10-19(18)24-26(21)20-7-5-6-11-23-20/h5-7,11,16-17H,3-4,8-10,12-15H2,1-2H3. The van der Waals surface area contributed by atoms with Crippen molar-refractivity contribution in [2.24, 2.45) is 5.92 Å². The van der Waals surface area contributed by atoms with E-state index in [9.17, 15) is 4.79 Å². The Balaban J connectivity index is 1.58. The zero-order valence-corrected chi connectivity index (χ0v) is 16.9. The summed E-state index contributed by atoms with van der Waals surface area (Å²) in [5.41, 5.74) is 3.62. The number of amides is 1. The Morgan fingerprint density at radius 3 is 2.71 bits per heavy atom. The van der Waals surface area contributed by atoms with Gasteiger partial charge in [-0.1, -0.05) is 19.9 Å². The first-order valence-electron chi connectivity index (χ1n) is 10.6. The average molecular weight is 383 g/mol. The molecule has 150 valence electrons. The van der Waals surface area contributed by atoms with Gasteiger partial charge in [0.25, 0.3) is 0 Å². The summed E-state index contributed by atoms with van der Waals surface area (Å²) in [5, 5.41) is 4.90. The molecular formula is C22H30N4O2. The molecule has 0 bridgehead atoms. The topological polar surface area (TPSA) is 60.2 Å². The van der Waals surface area contributed by atoms with Gasteiger partial charge in [0.2, 0.25) is 5.91 Å². The molecule has 0 unspecified atom stereocenters. The summed E-state index contributed by atoms with van der Waals surface area (Å²) in [4.78, 5) is 19.4. The number of rotatable bonds is 5. The Bertz CT molecular complexity index is 805. The molecule has 4 heterocycles. The molecule has 28 heavy (non-hydrogen) atoms. The van der Waals surface area contributed by atoms with Crippen molar-refractivity contribution in [3.8, 4) is 5.82 Å². The molecule has 1 fully saturated rings. The molecule has 0 aromatic carbocycles. The number of likely N-dealkylation sites (tertiary alicyclic amines) is 1. The highest BCUT2D eigenvalue weighted by molar-refractivity contribution is 5.78. The third-order valence-corrected chi connectivity index (χ3v) is 6.23. The van der Waals surface area contributed by atoms with E-state index in [0.717, 1.165) is 63.3 Å². The predicted octanol–water partition coefficient (Wildman–Crippen LogP) is 3.48. The maximum Gasteiger partial charge on any atom is 0.225 e. The average Bonchev–Trinajstić information content (AvgIpc) is 3.15. The number of carbonyl (C=O) groups is 1. The fraction of sp³-hybridized carbons (Fsp3) is 0.591. The Morgan fingerprint density at radius 1 is 1.25 bits per heavy atom. The van der Waals surface area contributed by atoms with Crippen LogP contribution in [0.1, 0.15) is 62.4 Å². The molecule has 0 aliphatic carbocycles. The van der Waals surface area contributed by atoms with Crippen LogP contribution in [0.2, 0.25) is 0 Å². The van der Waals surface area contributed by atoms with E-state index in [4.69, 9.17) is 9.84 Å². The van der Waals surface area contributed by atoms with Gasteiger partial charge in [-0.05, 0) is 37.8 Å². The van der Waals surface area contributed by atoms with E-state index in [1.54, 1.807) is 0 Å². The Labute approximate surface area is 166 Å². The molecule has 2 aromatic heterocycles. The zero-order chi connectivity index (χ0) is 19.5. The highest BCUT2D eigenvalue weighted by Gasteiger charge is 2.32. The lowest BCUT2D eigenvalue weighted by Gasteiger charge is -2.34. The van der Waals surface area contributed by atoms with E-state index in [-0.39, 0.29) is 5.92 Å². The Hall–Kier alpha value is -2.21. The largest absolute Gasteiger partial charge is 0.376 e. The minimum absolute atomic E-state index is 0.164. The third kappa shape index (κ3) is 3.58. The molecule has 6 heteroatoms. The van der Waals surface area contributed by atoms with Gasteiger partial charge in [0.05, 0.1) is 24.6 Å². The Morgan fingerprint density at radius 2 is 2.04 bits per heavy atom. The van der Waals surface area contributed by atoms with Crippen LogP contribution in [-0.4, -0.2) is 45.3 Å².